The summed E-state index contributed by atoms with van der Waals surface area (Å²) in [5.41, 5.74) is -0.0490. The molecule has 0 unspecified atom stereocenters. The fourth-order valence-electron chi connectivity index (χ4n) is 3.09. The summed E-state index contributed by atoms with van der Waals surface area (Å²) in [6.07, 6.45) is 4.38. The van der Waals surface area contributed by atoms with Crippen molar-refractivity contribution in [2.75, 3.05) is 20.2 Å². The number of rotatable bonds is 6. The topological polar surface area (TPSA) is 71.9 Å². The van der Waals surface area contributed by atoms with E-state index in [-0.39, 0.29) is 0 Å². The summed E-state index contributed by atoms with van der Waals surface area (Å²) >= 11 is 0. The van der Waals surface area contributed by atoms with Gasteiger partial charge >= 0.3 is 5.97 Å². The monoisotopic (exact) mass is 342 g/mol. The minimum absolute atomic E-state index is 0.422. The second kappa shape index (κ2) is 7.53. The molecular weight excluding hydrogens is 320 g/mol. The van der Waals surface area contributed by atoms with Crippen LogP contribution in [0.4, 0.5) is 0 Å². The number of para-hydroxylation sites is 2. The molecule has 1 aliphatic rings. The number of hydrogen-bond acceptors (Lipinski definition) is 5. The number of carboxylic acid groups (broad SMARTS) is 1. The second-order valence-electron chi connectivity index (χ2n) is 6.18. The van der Waals surface area contributed by atoms with Crippen LogP contribution in [-0.2, 0) is 11.3 Å². The highest BCUT2D eigenvalue weighted by atomic mass is 16.5. The van der Waals surface area contributed by atoms with Crippen LogP contribution in [0.3, 0.4) is 0 Å². The van der Waals surface area contributed by atoms with Crippen LogP contribution in [0.25, 0.3) is 0 Å². The number of hydrogen-bond donors (Lipinski definition) is 1. The van der Waals surface area contributed by atoms with E-state index in [1.54, 1.807) is 31.6 Å². The molecule has 0 aliphatic carbocycles. The predicted octanol–water partition coefficient (Wildman–Crippen LogP) is 2.59. The lowest BCUT2D eigenvalue weighted by Crippen LogP contribution is -2.53. The highest BCUT2D eigenvalue weighted by Crippen LogP contribution is 2.34. The van der Waals surface area contributed by atoms with Gasteiger partial charge in [-0.1, -0.05) is 12.1 Å². The molecule has 132 valence electrons. The molecule has 3 rings (SSSR count). The molecule has 1 fully saturated rings. The zero-order valence-corrected chi connectivity index (χ0v) is 14.2. The van der Waals surface area contributed by atoms with Gasteiger partial charge in [0.25, 0.3) is 0 Å². The average molecular weight is 342 g/mol. The molecule has 1 saturated heterocycles. The average Bonchev–Trinajstić information content (AvgIpc) is 2.64. The highest BCUT2D eigenvalue weighted by molar-refractivity contribution is 5.78. The van der Waals surface area contributed by atoms with Crippen molar-refractivity contribution in [2.45, 2.75) is 25.0 Å². The van der Waals surface area contributed by atoms with Crippen LogP contribution in [0.15, 0.2) is 48.8 Å². The molecule has 0 atom stereocenters. The van der Waals surface area contributed by atoms with Crippen LogP contribution in [-0.4, -0.2) is 46.8 Å². The third-order valence-corrected chi connectivity index (χ3v) is 4.58. The largest absolute Gasteiger partial charge is 0.493 e. The minimum atomic E-state index is -1.22. The Labute approximate surface area is 147 Å². The molecule has 6 nitrogen and oxygen atoms in total. The van der Waals surface area contributed by atoms with Gasteiger partial charge in [-0.3, -0.25) is 9.88 Å². The smallest absolute Gasteiger partial charge is 0.348 e. The molecule has 2 aromatic rings. The summed E-state index contributed by atoms with van der Waals surface area (Å²) in [4.78, 5) is 18.2. The van der Waals surface area contributed by atoms with Gasteiger partial charge in [-0.15, -0.1) is 0 Å². The van der Waals surface area contributed by atoms with Gasteiger partial charge in [0.15, 0.2) is 11.5 Å². The normalized spacial score (nSPS) is 17.0. The molecule has 1 aliphatic heterocycles. The van der Waals surface area contributed by atoms with Gasteiger partial charge in [0, 0.05) is 44.9 Å². The molecule has 1 N–H and O–H groups in total. The number of methoxy groups -OCH3 is 1. The van der Waals surface area contributed by atoms with Crippen molar-refractivity contribution >= 4 is 5.97 Å². The second-order valence-corrected chi connectivity index (χ2v) is 6.18. The van der Waals surface area contributed by atoms with E-state index in [0.29, 0.717) is 37.4 Å². The quantitative estimate of drug-likeness (QED) is 0.870. The summed E-state index contributed by atoms with van der Waals surface area (Å²) in [6.45, 7) is 2.10. The lowest BCUT2D eigenvalue weighted by molar-refractivity contribution is -0.160. The number of nitrogens with zero attached hydrogens (tertiary/aromatic N) is 2. The first kappa shape index (κ1) is 17.2. The van der Waals surface area contributed by atoms with Gasteiger partial charge in [-0.25, -0.2) is 4.79 Å². The van der Waals surface area contributed by atoms with Crippen molar-refractivity contribution in [1.29, 1.82) is 0 Å². The summed E-state index contributed by atoms with van der Waals surface area (Å²) < 4.78 is 11.2. The van der Waals surface area contributed by atoms with Crippen molar-refractivity contribution < 1.29 is 19.4 Å². The van der Waals surface area contributed by atoms with E-state index in [1.165, 1.54) is 5.56 Å². The Morgan fingerprint density at radius 3 is 2.40 bits per heavy atom. The Hall–Kier alpha value is -2.60. The van der Waals surface area contributed by atoms with Crippen molar-refractivity contribution in [3.05, 3.63) is 54.4 Å². The zero-order valence-electron chi connectivity index (χ0n) is 14.2. The standard InChI is InChI=1S/C19H22N2O4/c1-24-16-4-2-3-5-17(16)25-19(18(22)23)8-12-21(13-9-19)14-15-6-10-20-11-7-15/h2-7,10-11H,8-9,12-14H2,1H3,(H,22,23). The zero-order chi connectivity index (χ0) is 17.7. The number of piperidine rings is 1. The number of benzene rings is 1. The number of aromatic nitrogens is 1. The summed E-state index contributed by atoms with van der Waals surface area (Å²) in [6, 6.07) is 11.1. The lowest BCUT2D eigenvalue weighted by Gasteiger charge is -2.39. The maximum absolute atomic E-state index is 12.0. The number of likely N-dealkylation sites (tertiary alicyclic amines) is 1. The van der Waals surface area contributed by atoms with Gasteiger partial charge < -0.3 is 14.6 Å². The molecule has 1 aromatic carbocycles. The van der Waals surface area contributed by atoms with Crippen LogP contribution in [0.5, 0.6) is 11.5 Å². The van der Waals surface area contributed by atoms with Gasteiger partial charge in [0.2, 0.25) is 5.60 Å². The van der Waals surface area contributed by atoms with E-state index in [0.717, 1.165) is 6.54 Å². The third kappa shape index (κ3) is 3.91. The molecular formula is C19H22N2O4. The molecule has 2 heterocycles. The van der Waals surface area contributed by atoms with Crippen LogP contribution in [0, 0.1) is 0 Å². The fraction of sp³-hybridized carbons (Fsp3) is 0.368. The van der Waals surface area contributed by atoms with E-state index in [9.17, 15) is 9.90 Å². The third-order valence-electron chi connectivity index (χ3n) is 4.58. The molecule has 25 heavy (non-hydrogen) atoms. The van der Waals surface area contributed by atoms with Gasteiger partial charge in [0.05, 0.1) is 7.11 Å². The molecule has 0 spiro atoms. The molecule has 0 radical (unpaired) electrons. The molecule has 0 saturated carbocycles. The molecule has 0 amide bonds. The maximum Gasteiger partial charge on any atom is 0.348 e. The van der Waals surface area contributed by atoms with Crippen LogP contribution >= 0.6 is 0 Å². The number of carboxylic acids is 1. The van der Waals surface area contributed by atoms with E-state index >= 15 is 0 Å². The van der Waals surface area contributed by atoms with Crippen molar-refractivity contribution in [3.8, 4) is 11.5 Å². The first-order chi connectivity index (χ1) is 12.1. The van der Waals surface area contributed by atoms with E-state index < -0.39 is 11.6 Å². The predicted molar refractivity (Wildman–Crippen MR) is 92.7 cm³/mol. The summed E-state index contributed by atoms with van der Waals surface area (Å²) in [5.74, 6) is 0.0827. The van der Waals surface area contributed by atoms with E-state index in [2.05, 4.69) is 9.88 Å². The van der Waals surface area contributed by atoms with Crippen LogP contribution < -0.4 is 9.47 Å². The van der Waals surface area contributed by atoms with Gasteiger partial charge in [-0.2, -0.15) is 0 Å². The fourth-order valence-corrected chi connectivity index (χ4v) is 3.09. The van der Waals surface area contributed by atoms with Gasteiger partial charge in [-0.05, 0) is 29.8 Å². The number of pyridine rings is 1. The Morgan fingerprint density at radius 2 is 1.80 bits per heavy atom. The van der Waals surface area contributed by atoms with Crippen molar-refractivity contribution in [2.24, 2.45) is 0 Å². The molecule has 0 bridgehead atoms. The van der Waals surface area contributed by atoms with E-state index in [1.807, 2.05) is 24.3 Å². The first-order valence-electron chi connectivity index (χ1n) is 8.30. The number of ether oxygens (including phenoxy) is 2. The van der Waals surface area contributed by atoms with Crippen molar-refractivity contribution in [1.82, 2.24) is 9.88 Å². The number of aliphatic carboxylic acids is 1. The van der Waals surface area contributed by atoms with Crippen LogP contribution in [0.1, 0.15) is 18.4 Å². The Bertz CT molecular complexity index is 712. The maximum atomic E-state index is 12.0. The van der Waals surface area contributed by atoms with E-state index in [4.69, 9.17) is 9.47 Å². The van der Waals surface area contributed by atoms with Crippen LogP contribution in [0.2, 0.25) is 0 Å². The van der Waals surface area contributed by atoms with Crippen molar-refractivity contribution in [3.63, 3.8) is 0 Å². The first-order valence-corrected chi connectivity index (χ1v) is 8.30. The Morgan fingerprint density at radius 1 is 1.16 bits per heavy atom. The summed E-state index contributed by atoms with van der Waals surface area (Å²) in [7, 11) is 1.55. The minimum Gasteiger partial charge on any atom is -0.493 e. The SMILES string of the molecule is COc1ccccc1OC1(C(=O)O)CCN(Cc2ccncc2)CC1. The molecule has 6 heteroatoms. The van der Waals surface area contributed by atoms with Gasteiger partial charge in [0.1, 0.15) is 0 Å². The Balaban J connectivity index is 1.70. The number of carbonyl (C=O) groups is 1. The highest BCUT2D eigenvalue weighted by Gasteiger charge is 2.44. The Kier molecular flexibility index (Phi) is 5.19. The summed E-state index contributed by atoms with van der Waals surface area (Å²) in [5, 5.41) is 9.80. The lowest BCUT2D eigenvalue weighted by atomic mass is 9.90. The molecule has 1 aromatic heterocycles.